The first-order valence-electron chi connectivity index (χ1n) is 22.9. The van der Waals surface area contributed by atoms with Gasteiger partial charge in [0.05, 0.1) is 30.9 Å². The third-order valence-corrected chi connectivity index (χ3v) is 11.4. The van der Waals surface area contributed by atoms with E-state index in [9.17, 15) is 9.59 Å². The molecule has 0 saturated heterocycles. The number of hydrogen-bond acceptors (Lipinski definition) is 10. The predicted octanol–water partition coefficient (Wildman–Crippen LogP) is 13.1. The normalized spacial score (nSPS) is 12.6. The summed E-state index contributed by atoms with van der Waals surface area (Å²) < 4.78 is 17.4. The van der Waals surface area contributed by atoms with Gasteiger partial charge in [-0.05, 0) is 110 Å². The number of rotatable bonds is 29. The lowest BCUT2D eigenvalue weighted by Crippen LogP contribution is -2.14. The molecular weight excluding hydrogens is 763 g/mol. The SMILES string of the molecule is C=C(OCC(CC)CCCC)c1ccc(Nc2nc(CCc3ccc(C(=O)OCC(CC)CCCC)cc3)nc(Nc3ccc(C(=O)OCC(CC)CCCC)cc3)n2)cc1. The minimum atomic E-state index is -0.328. The van der Waals surface area contributed by atoms with E-state index in [2.05, 4.69) is 58.8 Å². The summed E-state index contributed by atoms with van der Waals surface area (Å²) in [6, 6.07) is 22.6. The van der Waals surface area contributed by atoms with E-state index < -0.39 is 0 Å². The third kappa shape index (κ3) is 17.0. The zero-order valence-corrected chi connectivity index (χ0v) is 37.8. The summed E-state index contributed by atoms with van der Waals surface area (Å²) >= 11 is 0. The number of nitrogens with zero attached hydrogens (tertiary/aromatic N) is 3. The maximum absolute atomic E-state index is 12.9. The monoisotopic (exact) mass is 834 g/mol. The number of carbonyl (C=O) groups is 2. The summed E-state index contributed by atoms with van der Waals surface area (Å²) in [6.45, 7) is 18.8. The van der Waals surface area contributed by atoms with Crippen molar-refractivity contribution < 1.29 is 23.8 Å². The Bertz CT molecular complexity index is 1800. The molecule has 10 heteroatoms. The Morgan fingerprint density at radius 2 is 0.918 bits per heavy atom. The van der Waals surface area contributed by atoms with Crippen LogP contribution in [0.15, 0.2) is 79.4 Å². The number of esters is 2. The fourth-order valence-corrected chi connectivity index (χ4v) is 6.94. The molecule has 0 aliphatic rings. The van der Waals surface area contributed by atoms with Gasteiger partial charge in [-0.3, -0.25) is 0 Å². The molecule has 0 spiro atoms. The molecule has 4 rings (SSSR count). The Kier molecular flexibility index (Phi) is 21.3. The second kappa shape index (κ2) is 26.9. The van der Waals surface area contributed by atoms with Crippen LogP contribution in [0.1, 0.15) is 156 Å². The quantitative estimate of drug-likeness (QED) is 0.0403. The van der Waals surface area contributed by atoms with E-state index in [-0.39, 0.29) is 11.9 Å². The topological polar surface area (TPSA) is 125 Å². The van der Waals surface area contributed by atoms with Gasteiger partial charge < -0.3 is 24.8 Å². The number of hydrogen-bond donors (Lipinski definition) is 2. The highest BCUT2D eigenvalue weighted by atomic mass is 16.5. The van der Waals surface area contributed by atoms with Crippen LogP contribution in [0.3, 0.4) is 0 Å². The van der Waals surface area contributed by atoms with Crippen LogP contribution in [0.2, 0.25) is 0 Å². The fourth-order valence-electron chi connectivity index (χ4n) is 6.94. The Labute approximate surface area is 365 Å². The molecule has 61 heavy (non-hydrogen) atoms. The molecule has 4 aromatic rings. The third-order valence-electron chi connectivity index (χ3n) is 11.4. The van der Waals surface area contributed by atoms with Crippen molar-refractivity contribution in [3.05, 3.63) is 107 Å². The van der Waals surface area contributed by atoms with Crippen LogP contribution in [0, 0.1) is 17.8 Å². The molecule has 0 bridgehead atoms. The molecule has 0 aliphatic heterocycles. The van der Waals surface area contributed by atoms with Gasteiger partial charge in [-0.25, -0.2) is 9.59 Å². The van der Waals surface area contributed by atoms with Gasteiger partial charge in [-0.2, -0.15) is 15.0 Å². The molecule has 0 radical (unpaired) electrons. The molecule has 0 amide bonds. The number of carbonyl (C=O) groups excluding carboxylic acids is 2. The molecule has 3 aromatic carbocycles. The van der Waals surface area contributed by atoms with Gasteiger partial charge in [0, 0.05) is 23.4 Å². The zero-order chi connectivity index (χ0) is 43.8. The van der Waals surface area contributed by atoms with Crippen LogP contribution >= 0.6 is 0 Å². The minimum absolute atomic E-state index is 0.291. The Morgan fingerprint density at radius 1 is 0.525 bits per heavy atom. The molecule has 1 heterocycles. The fraction of sp³-hybridized carbons (Fsp3) is 0.510. The number of nitrogens with one attached hydrogen (secondary N) is 2. The lowest BCUT2D eigenvalue weighted by Gasteiger charge is -2.17. The summed E-state index contributed by atoms with van der Waals surface area (Å²) in [4.78, 5) is 39.9. The Balaban J connectivity index is 1.46. The van der Waals surface area contributed by atoms with Crippen LogP contribution in [0.5, 0.6) is 0 Å². The summed E-state index contributed by atoms with van der Waals surface area (Å²) in [5, 5.41) is 6.65. The smallest absolute Gasteiger partial charge is 0.338 e. The highest BCUT2D eigenvalue weighted by Crippen LogP contribution is 2.24. The Morgan fingerprint density at radius 3 is 1.33 bits per heavy atom. The maximum atomic E-state index is 12.9. The molecule has 2 N–H and O–H groups in total. The van der Waals surface area contributed by atoms with Crippen molar-refractivity contribution in [3.8, 4) is 0 Å². The van der Waals surface area contributed by atoms with Crippen molar-refractivity contribution >= 4 is 41.0 Å². The van der Waals surface area contributed by atoms with Gasteiger partial charge in [0.15, 0.2) is 0 Å². The Hall–Kier alpha value is -5.25. The molecule has 330 valence electrons. The summed E-state index contributed by atoms with van der Waals surface area (Å²) in [5.41, 5.74) is 4.51. The van der Waals surface area contributed by atoms with Gasteiger partial charge in [0.25, 0.3) is 0 Å². The van der Waals surface area contributed by atoms with Crippen molar-refractivity contribution in [1.29, 1.82) is 0 Å². The van der Waals surface area contributed by atoms with Gasteiger partial charge in [-0.15, -0.1) is 0 Å². The minimum Gasteiger partial charge on any atom is -0.493 e. The molecule has 3 atom stereocenters. The van der Waals surface area contributed by atoms with Crippen molar-refractivity contribution in [2.24, 2.45) is 17.8 Å². The van der Waals surface area contributed by atoms with E-state index in [0.29, 0.717) is 85.0 Å². The van der Waals surface area contributed by atoms with Crippen LogP contribution < -0.4 is 10.6 Å². The summed E-state index contributed by atoms with van der Waals surface area (Å²) in [7, 11) is 0. The lowest BCUT2D eigenvalue weighted by molar-refractivity contribution is 0.0419. The number of unbranched alkanes of at least 4 members (excludes halogenated alkanes) is 3. The number of anilines is 4. The number of ether oxygens (including phenoxy) is 3. The van der Waals surface area contributed by atoms with Crippen LogP contribution in [-0.4, -0.2) is 46.7 Å². The largest absolute Gasteiger partial charge is 0.493 e. The van der Waals surface area contributed by atoms with E-state index in [1.165, 1.54) is 12.8 Å². The van der Waals surface area contributed by atoms with Gasteiger partial charge in [0.1, 0.15) is 11.6 Å². The number of benzene rings is 3. The van der Waals surface area contributed by atoms with Crippen LogP contribution in [0.25, 0.3) is 5.76 Å². The highest BCUT2D eigenvalue weighted by molar-refractivity contribution is 5.90. The number of aryl methyl sites for hydroxylation is 2. The van der Waals surface area contributed by atoms with E-state index in [4.69, 9.17) is 29.2 Å². The lowest BCUT2D eigenvalue weighted by atomic mass is 10.0. The molecule has 1 aromatic heterocycles. The molecule has 0 aliphatic carbocycles. The molecule has 3 unspecified atom stereocenters. The summed E-state index contributed by atoms with van der Waals surface area (Å²) in [5.74, 6) is 2.65. The average molecular weight is 834 g/mol. The standard InChI is InChI=1S/C51H71N5O5/c1-8-14-17-38(11-4)34-59-37(7)42-25-29-45(30-26-42)52-50-54-47(33-22-41-20-23-43(24-21-41)48(57)60-35-39(12-5)18-15-9-2)55-51(56-50)53-46-31-27-44(28-32-46)49(58)61-36-40(13-6)19-16-10-3/h20-21,23-32,38-40H,7-19,22,33-36H2,1-6H3,(H2,52,53,54,55,56). The first-order valence-corrected chi connectivity index (χ1v) is 22.9. The van der Waals surface area contributed by atoms with Gasteiger partial charge in [0.2, 0.25) is 11.9 Å². The van der Waals surface area contributed by atoms with E-state index in [0.717, 1.165) is 86.7 Å². The predicted molar refractivity (Wildman–Crippen MR) is 249 cm³/mol. The first-order chi connectivity index (χ1) is 29.7. The molecule has 0 fully saturated rings. The van der Waals surface area contributed by atoms with Gasteiger partial charge >= 0.3 is 11.9 Å². The second-order valence-corrected chi connectivity index (χ2v) is 16.2. The number of aromatic nitrogens is 3. The molecular formula is C51H71N5O5. The van der Waals surface area contributed by atoms with Crippen molar-refractivity contribution in [3.63, 3.8) is 0 Å². The van der Waals surface area contributed by atoms with E-state index in [1.54, 1.807) is 12.1 Å². The molecule has 10 nitrogen and oxygen atoms in total. The van der Waals surface area contributed by atoms with Crippen molar-refractivity contribution in [1.82, 2.24) is 15.0 Å². The van der Waals surface area contributed by atoms with Crippen LogP contribution in [-0.2, 0) is 27.1 Å². The molecule has 0 saturated carbocycles. The van der Waals surface area contributed by atoms with Gasteiger partial charge in [-0.1, -0.05) is 118 Å². The average Bonchev–Trinajstić information content (AvgIpc) is 3.28. The summed E-state index contributed by atoms with van der Waals surface area (Å²) in [6.07, 6.45) is 14.5. The first kappa shape index (κ1) is 48.4. The highest BCUT2D eigenvalue weighted by Gasteiger charge is 2.15. The van der Waals surface area contributed by atoms with Crippen molar-refractivity contribution in [2.45, 2.75) is 131 Å². The second-order valence-electron chi connectivity index (χ2n) is 16.2. The zero-order valence-electron chi connectivity index (χ0n) is 37.8. The van der Waals surface area contributed by atoms with Crippen molar-refractivity contribution in [2.75, 3.05) is 30.5 Å². The van der Waals surface area contributed by atoms with E-state index >= 15 is 0 Å². The van der Waals surface area contributed by atoms with Crippen LogP contribution in [0.4, 0.5) is 23.3 Å². The van der Waals surface area contributed by atoms with E-state index in [1.807, 2.05) is 60.7 Å². The maximum Gasteiger partial charge on any atom is 0.338 e.